The normalized spacial score (nSPS) is 11.6. The van der Waals surface area contributed by atoms with Gasteiger partial charge in [-0.3, -0.25) is 0 Å². The topological polar surface area (TPSA) is 89.8 Å². The van der Waals surface area contributed by atoms with E-state index < -0.39 is 0 Å². The molecule has 124 valence electrons. The lowest BCUT2D eigenvalue weighted by molar-refractivity contribution is 0.414. The average molecular weight is 324 g/mol. The summed E-state index contributed by atoms with van der Waals surface area (Å²) >= 11 is 0. The molecule has 0 aliphatic carbocycles. The van der Waals surface area contributed by atoms with Crippen molar-refractivity contribution in [3.63, 3.8) is 0 Å². The van der Waals surface area contributed by atoms with Gasteiger partial charge in [0, 0.05) is 18.8 Å². The number of benzene rings is 1. The third-order valence-corrected chi connectivity index (χ3v) is 3.66. The van der Waals surface area contributed by atoms with Gasteiger partial charge in [-0.15, -0.1) is 0 Å². The molecule has 7 heteroatoms. The van der Waals surface area contributed by atoms with Crippen LogP contribution in [0.4, 0.5) is 0 Å². The van der Waals surface area contributed by atoms with Crippen LogP contribution in [0.25, 0.3) is 5.65 Å². The lowest BCUT2D eigenvalue weighted by Crippen LogP contribution is -2.33. The van der Waals surface area contributed by atoms with Gasteiger partial charge in [0.05, 0.1) is 25.5 Å². The van der Waals surface area contributed by atoms with Crippen molar-refractivity contribution in [3.05, 3.63) is 60.0 Å². The monoisotopic (exact) mass is 324 g/mol. The third-order valence-electron chi connectivity index (χ3n) is 3.66. The van der Waals surface area contributed by atoms with Gasteiger partial charge in [-0.1, -0.05) is 12.1 Å². The zero-order valence-corrected chi connectivity index (χ0v) is 13.5. The van der Waals surface area contributed by atoms with Crippen molar-refractivity contribution in [2.75, 3.05) is 13.7 Å². The predicted molar refractivity (Wildman–Crippen MR) is 93.0 cm³/mol. The number of nitrogens with one attached hydrogen (secondary N) is 1. The van der Waals surface area contributed by atoms with Crippen LogP contribution in [0, 0.1) is 0 Å². The van der Waals surface area contributed by atoms with E-state index in [4.69, 9.17) is 10.5 Å². The maximum Gasteiger partial charge on any atom is 0.188 e. The number of hydrogen-bond acceptors (Lipinski definition) is 4. The van der Waals surface area contributed by atoms with Gasteiger partial charge in [0.1, 0.15) is 5.75 Å². The van der Waals surface area contributed by atoms with Crippen molar-refractivity contribution in [1.82, 2.24) is 19.9 Å². The summed E-state index contributed by atoms with van der Waals surface area (Å²) in [5.41, 5.74) is 8.87. The molecule has 2 aromatic heterocycles. The third kappa shape index (κ3) is 3.81. The van der Waals surface area contributed by atoms with E-state index in [0.717, 1.165) is 30.1 Å². The van der Waals surface area contributed by atoms with Crippen LogP contribution in [-0.2, 0) is 13.0 Å². The molecule has 1 aromatic carbocycles. The van der Waals surface area contributed by atoms with E-state index in [2.05, 4.69) is 20.4 Å². The van der Waals surface area contributed by atoms with Crippen LogP contribution in [0.2, 0.25) is 0 Å². The molecule has 0 aliphatic rings. The van der Waals surface area contributed by atoms with E-state index in [1.807, 2.05) is 36.4 Å². The van der Waals surface area contributed by atoms with Crippen molar-refractivity contribution in [2.24, 2.45) is 10.7 Å². The highest BCUT2D eigenvalue weighted by Gasteiger charge is 2.01. The van der Waals surface area contributed by atoms with E-state index >= 15 is 0 Å². The highest BCUT2D eigenvalue weighted by atomic mass is 16.5. The molecule has 3 N–H and O–H groups in total. The smallest absolute Gasteiger partial charge is 0.188 e. The predicted octanol–water partition coefficient (Wildman–Crippen LogP) is 1.38. The average Bonchev–Trinajstić information content (AvgIpc) is 3.10. The number of methoxy groups -OCH3 is 1. The molecule has 0 fully saturated rings. The molecule has 7 nitrogen and oxygen atoms in total. The minimum Gasteiger partial charge on any atom is -0.497 e. The summed E-state index contributed by atoms with van der Waals surface area (Å²) in [6, 6.07) is 11.7. The Kier molecular flexibility index (Phi) is 4.90. The van der Waals surface area contributed by atoms with Gasteiger partial charge in [0.2, 0.25) is 0 Å². The molecule has 0 saturated heterocycles. The number of hydrogen-bond donors (Lipinski definition) is 2. The lowest BCUT2D eigenvalue weighted by atomic mass is 10.1. The fourth-order valence-corrected chi connectivity index (χ4v) is 2.35. The van der Waals surface area contributed by atoms with Gasteiger partial charge in [-0.05, 0) is 30.2 Å². The summed E-state index contributed by atoms with van der Waals surface area (Å²) in [5.74, 6) is 1.27. The second kappa shape index (κ2) is 7.45. The number of guanidine groups is 1. The molecule has 3 aromatic rings. The Morgan fingerprint density at radius 2 is 2.04 bits per heavy atom. The summed E-state index contributed by atoms with van der Waals surface area (Å²) in [5, 5.41) is 7.35. The van der Waals surface area contributed by atoms with Gasteiger partial charge < -0.3 is 15.8 Å². The fraction of sp³-hybridized carbons (Fsp3) is 0.235. The van der Waals surface area contributed by atoms with Crippen LogP contribution >= 0.6 is 0 Å². The minimum atomic E-state index is 0.417. The number of nitrogens with zero attached hydrogens (tertiary/aromatic N) is 4. The van der Waals surface area contributed by atoms with Crippen molar-refractivity contribution < 1.29 is 4.74 Å². The first-order chi connectivity index (χ1) is 11.8. The Balaban J connectivity index is 1.52. The molecule has 0 unspecified atom stereocenters. The Morgan fingerprint density at radius 3 is 2.83 bits per heavy atom. The first-order valence-corrected chi connectivity index (χ1v) is 7.70. The van der Waals surface area contributed by atoms with Gasteiger partial charge in [0.25, 0.3) is 0 Å². The van der Waals surface area contributed by atoms with Crippen molar-refractivity contribution in [2.45, 2.75) is 13.0 Å². The molecule has 0 radical (unpaired) electrons. The van der Waals surface area contributed by atoms with E-state index in [9.17, 15) is 0 Å². The Hall–Kier alpha value is -3.09. The molecule has 24 heavy (non-hydrogen) atoms. The van der Waals surface area contributed by atoms with E-state index in [0.29, 0.717) is 12.5 Å². The molecular formula is C17H20N6O. The molecule has 0 aliphatic heterocycles. The lowest BCUT2D eigenvalue weighted by Gasteiger charge is -2.07. The summed E-state index contributed by atoms with van der Waals surface area (Å²) in [6.07, 6.45) is 4.32. The minimum absolute atomic E-state index is 0.417. The molecule has 0 bridgehead atoms. The maximum absolute atomic E-state index is 5.92. The molecule has 3 rings (SSSR count). The number of rotatable bonds is 6. The molecular weight excluding hydrogens is 304 g/mol. The second-order valence-electron chi connectivity index (χ2n) is 5.26. The largest absolute Gasteiger partial charge is 0.497 e. The van der Waals surface area contributed by atoms with Crippen molar-refractivity contribution in [3.8, 4) is 5.75 Å². The highest BCUT2D eigenvalue weighted by molar-refractivity contribution is 5.77. The maximum atomic E-state index is 5.92. The van der Waals surface area contributed by atoms with Gasteiger partial charge >= 0.3 is 0 Å². The van der Waals surface area contributed by atoms with Crippen LogP contribution in [0.3, 0.4) is 0 Å². The number of nitrogens with two attached hydrogens (primary N) is 1. The summed E-state index contributed by atoms with van der Waals surface area (Å²) < 4.78 is 6.90. The number of aromatic nitrogens is 3. The Labute approximate surface area is 140 Å². The molecule has 0 saturated carbocycles. The number of aliphatic imine (C=N–C) groups is 1. The summed E-state index contributed by atoms with van der Waals surface area (Å²) in [7, 11) is 1.66. The molecule has 0 atom stereocenters. The quantitative estimate of drug-likeness (QED) is 0.528. The van der Waals surface area contributed by atoms with Crippen LogP contribution < -0.4 is 15.8 Å². The molecule has 2 heterocycles. The number of ether oxygens (including phenoxy) is 1. The van der Waals surface area contributed by atoms with E-state index in [1.165, 1.54) is 5.56 Å². The van der Waals surface area contributed by atoms with E-state index in [1.54, 1.807) is 24.0 Å². The van der Waals surface area contributed by atoms with E-state index in [-0.39, 0.29) is 0 Å². The van der Waals surface area contributed by atoms with Crippen LogP contribution in [0.1, 0.15) is 11.3 Å². The Morgan fingerprint density at radius 1 is 1.21 bits per heavy atom. The summed E-state index contributed by atoms with van der Waals surface area (Å²) in [4.78, 5) is 8.58. The van der Waals surface area contributed by atoms with Gasteiger partial charge in [-0.2, -0.15) is 5.10 Å². The first-order valence-electron chi connectivity index (χ1n) is 7.70. The number of fused-ring (bicyclic) bond motifs is 1. The summed E-state index contributed by atoms with van der Waals surface area (Å²) in [6.45, 7) is 1.16. The van der Waals surface area contributed by atoms with Crippen LogP contribution in [0.5, 0.6) is 5.75 Å². The van der Waals surface area contributed by atoms with Gasteiger partial charge in [-0.25, -0.2) is 14.5 Å². The van der Waals surface area contributed by atoms with Crippen LogP contribution in [0.15, 0.2) is 53.8 Å². The highest BCUT2D eigenvalue weighted by Crippen LogP contribution is 2.11. The standard InChI is InChI=1S/C17H20N6O/c1-24-15-4-2-13(3-5-15)6-9-20-17(18)21-12-14-7-10-19-16-8-11-22-23(14)16/h2-5,7-8,10-11H,6,9,12H2,1H3,(H3,18,20,21). The second-order valence-corrected chi connectivity index (χ2v) is 5.26. The fourth-order valence-electron chi connectivity index (χ4n) is 2.35. The zero-order chi connectivity index (χ0) is 16.8. The Bertz CT molecular complexity index is 824. The molecule has 0 spiro atoms. The molecule has 0 amide bonds. The zero-order valence-electron chi connectivity index (χ0n) is 13.5. The SMILES string of the molecule is COc1ccc(CCNC(N)=NCc2ccnc3ccnn23)cc1. The van der Waals surface area contributed by atoms with Crippen LogP contribution in [-0.4, -0.2) is 34.2 Å². The van der Waals surface area contributed by atoms with Crippen molar-refractivity contribution in [1.29, 1.82) is 0 Å². The van der Waals surface area contributed by atoms with Gasteiger partial charge in [0.15, 0.2) is 11.6 Å². The van der Waals surface area contributed by atoms with Crippen molar-refractivity contribution >= 4 is 11.6 Å². The first kappa shape index (κ1) is 15.8.